The molecule has 0 saturated carbocycles. The van der Waals surface area contributed by atoms with E-state index < -0.39 is 31.9 Å². The molecule has 0 bridgehead atoms. The van der Waals surface area contributed by atoms with Gasteiger partial charge in [-0.2, -0.15) is 0 Å². The molecule has 4 aromatic rings. The molecule has 0 saturated heterocycles. The number of hydrogen-bond donors (Lipinski definition) is 6. The Balaban J connectivity index is 0.000000240. The zero-order valence-electron chi connectivity index (χ0n) is 22.9. The summed E-state index contributed by atoms with van der Waals surface area (Å²) in [7, 11) is -7.43. The van der Waals surface area contributed by atoms with Gasteiger partial charge in [0.05, 0.1) is 9.79 Å². The number of nitrogens with one attached hydrogen (secondary N) is 4. The third-order valence-corrected chi connectivity index (χ3v) is 8.22. The van der Waals surface area contributed by atoms with E-state index in [1.54, 1.807) is 84.9 Å². The summed E-state index contributed by atoms with van der Waals surface area (Å²) in [6.45, 7) is 0. The Morgan fingerprint density at radius 2 is 0.886 bits per heavy atom. The molecule has 0 aliphatic rings. The van der Waals surface area contributed by atoms with Gasteiger partial charge >= 0.3 is 0 Å². The van der Waals surface area contributed by atoms with Crippen LogP contribution in [0.25, 0.3) is 12.2 Å². The topological polar surface area (TPSA) is 191 Å². The number of hydrogen-bond acceptors (Lipinski definition) is 8. The van der Waals surface area contributed by atoms with E-state index in [4.69, 9.17) is 10.4 Å². The maximum Gasteiger partial charge on any atom is 0.267 e. The molecule has 4 aromatic carbocycles. The van der Waals surface area contributed by atoms with Crippen molar-refractivity contribution in [2.45, 2.75) is 9.79 Å². The van der Waals surface area contributed by atoms with Gasteiger partial charge < -0.3 is 0 Å². The fourth-order valence-electron chi connectivity index (χ4n) is 3.43. The average Bonchev–Trinajstić information content (AvgIpc) is 3.03. The summed E-state index contributed by atoms with van der Waals surface area (Å²) in [6, 6.07) is 29.2. The molecule has 6 N–H and O–H groups in total. The molecule has 0 unspecified atom stereocenters. The molecule has 0 aromatic heterocycles. The lowest BCUT2D eigenvalue weighted by molar-refractivity contribution is -0.124. The van der Waals surface area contributed by atoms with Gasteiger partial charge in [-0.15, -0.1) is 0 Å². The minimum Gasteiger partial charge on any atom is -0.288 e. The zero-order valence-corrected chi connectivity index (χ0v) is 24.5. The van der Waals surface area contributed by atoms with Crippen LogP contribution in [-0.2, 0) is 29.6 Å². The molecule has 2 amide bonds. The van der Waals surface area contributed by atoms with E-state index in [2.05, 4.69) is 9.44 Å². The van der Waals surface area contributed by atoms with Crippen LogP contribution in [0.1, 0.15) is 11.1 Å². The Kier molecular flexibility index (Phi) is 11.9. The molecule has 14 heteroatoms. The second kappa shape index (κ2) is 15.8. The molecule has 4 rings (SSSR count). The molecule has 0 heterocycles. The van der Waals surface area contributed by atoms with Crippen LogP contribution in [-0.4, -0.2) is 39.1 Å². The van der Waals surface area contributed by atoms with Crippen molar-refractivity contribution in [1.82, 2.24) is 11.0 Å². The predicted molar refractivity (Wildman–Crippen MR) is 165 cm³/mol. The molecule has 0 spiro atoms. The van der Waals surface area contributed by atoms with Gasteiger partial charge in [-0.25, -0.2) is 27.8 Å². The van der Waals surface area contributed by atoms with Crippen LogP contribution in [0, 0.1) is 0 Å². The summed E-state index contributed by atoms with van der Waals surface area (Å²) >= 11 is 0. The van der Waals surface area contributed by atoms with Crippen molar-refractivity contribution in [1.29, 1.82) is 0 Å². The number of anilines is 2. The fraction of sp³-hybridized carbons (Fsp3) is 0. The first kappa shape index (κ1) is 33.2. The number of hydroxylamine groups is 2. The van der Waals surface area contributed by atoms with E-state index in [0.717, 1.165) is 12.2 Å². The summed E-state index contributed by atoms with van der Waals surface area (Å²) in [5, 5.41) is 16.8. The number of para-hydroxylation sites is 2. The van der Waals surface area contributed by atoms with Crippen molar-refractivity contribution in [2.24, 2.45) is 0 Å². The predicted octanol–water partition coefficient (Wildman–Crippen LogP) is 4.01. The number of carbonyl (C=O) groups is 2. The van der Waals surface area contributed by atoms with Crippen LogP contribution in [0.4, 0.5) is 11.4 Å². The molecule has 228 valence electrons. The maximum absolute atomic E-state index is 12.3. The zero-order chi connectivity index (χ0) is 32.0. The number of carbonyl (C=O) groups excluding carboxylic acids is 2. The van der Waals surface area contributed by atoms with Gasteiger partial charge in [0.15, 0.2) is 0 Å². The first-order valence-corrected chi connectivity index (χ1v) is 15.6. The molecule has 0 aliphatic carbocycles. The Labute approximate surface area is 254 Å². The highest BCUT2D eigenvalue weighted by Gasteiger charge is 2.15. The Hall–Kier alpha value is -5.28. The van der Waals surface area contributed by atoms with Gasteiger partial charge in [0.25, 0.3) is 31.9 Å². The lowest BCUT2D eigenvalue weighted by atomic mass is 10.2. The fourth-order valence-corrected chi connectivity index (χ4v) is 5.66. The summed E-state index contributed by atoms with van der Waals surface area (Å²) < 4.78 is 54.1. The highest BCUT2D eigenvalue weighted by molar-refractivity contribution is 7.93. The van der Waals surface area contributed by atoms with Crippen molar-refractivity contribution < 1.29 is 36.8 Å². The third-order valence-electron chi connectivity index (χ3n) is 5.46. The number of amides is 2. The van der Waals surface area contributed by atoms with Crippen molar-refractivity contribution in [2.75, 3.05) is 9.44 Å². The standard InChI is InChI=1S/2C15H14N2O4S/c2*18-15(16-19)10-9-12-5-4-8-14(11-12)22(20,21)17-13-6-2-1-3-7-13/h2*1-11,17,19H,(H,16,18)/b2*10-9+. The molecule has 44 heavy (non-hydrogen) atoms. The highest BCUT2D eigenvalue weighted by Crippen LogP contribution is 2.19. The van der Waals surface area contributed by atoms with Crippen LogP contribution < -0.4 is 20.4 Å². The molecule has 12 nitrogen and oxygen atoms in total. The molecule has 0 atom stereocenters. The Bertz CT molecular complexity index is 1710. The number of rotatable bonds is 10. The van der Waals surface area contributed by atoms with Gasteiger partial charge in [0.1, 0.15) is 0 Å². The highest BCUT2D eigenvalue weighted by atomic mass is 32.2. The smallest absolute Gasteiger partial charge is 0.267 e. The van der Waals surface area contributed by atoms with Crippen molar-refractivity contribution in [3.8, 4) is 0 Å². The van der Waals surface area contributed by atoms with E-state index in [9.17, 15) is 26.4 Å². The van der Waals surface area contributed by atoms with Crippen LogP contribution >= 0.6 is 0 Å². The second-order valence-corrected chi connectivity index (χ2v) is 12.1. The van der Waals surface area contributed by atoms with Crippen LogP contribution in [0.2, 0.25) is 0 Å². The summed E-state index contributed by atoms with van der Waals surface area (Å²) in [4.78, 5) is 22.0. The van der Waals surface area contributed by atoms with E-state index in [0.29, 0.717) is 22.5 Å². The van der Waals surface area contributed by atoms with E-state index >= 15 is 0 Å². The second-order valence-electron chi connectivity index (χ2n) is 8.71. The molecular formula is C30H28N4O8S2. The van der Waals surface area contributed by atoms with Crippen LogP contribution in [0.3, 0.4) is 0 Å². The SMILES string of the molecule is O=C(/C=C/c1cccc(S(=O)(=O)Nc2ccccc2)c1)NO.O=C(/C=C/c1cccc(S(=O)(=O)Nc2ccccc2)c1)NO. The average molecular weight is 637 g/mol. The first-order valence-electron chi connectivity index (χ1n) is 12.6. The van der Waals surface area contributed by atoms with Crippen LogP contribution in [0.5, 0.6) is 0 Å². The minimum atomic E-state index is -3.71. The lowest BCUT2D eigenvalue weighted by Gasteiger charge is -2.08. The molecule has 0 radical (unpaired) electrons. The first-order chi connectivity index (χ1) is 21.0. The van der Waals surface area contributed by atoms with E-state index in [-0.39, 0.29) is 9.79 Å². The summed E-state index contributed by atoms with van der Waals surface area (Å²) in [6.07, 6.45) is 4.98. The summed E-state index contributed by atoms with van der Waals surface area (Å²) in [5.41, 5.74) is 4.86. The molecule has 0 fully saturated rings. The normalized spacial score (nSPS) is 11.3. The molecular weight excluding hydrogens is 608 g/mol. The van der Waals surface area contributed by atoms with Gasteiger partial charge in [0, 0.05) is 23.5 Å². The summed E-state index contributed by atoms with van der Waals surface area (Å²) in [5.74, 6) is -1.40. The van der Waals surface area contributed by atoms with Gasteiger partial charge in [0.2, 0.25) is 0 Å². The Morgan fingerprint density at radius 3 is 1.23 bits per heavy atom. The van der Waals surface area contributed by atoms with Crippen molar-refractivity contribution in [3.63, 3.8) is 0 Å². The van der Waals surface area contributed by atoms with Gasteiger partial charge in [-0.1, -0.05) is 60.7 Å². The van der Waals surface area contributed by atoms with Gasteiger partial charge in [-0.3, -0.25) is 29.4 Å². The lowest BCUT2D eigenvalue weighted by Crippen LogP contribution is -2.15. The monoisotopic (exact) mass is 636 g/mol. The largest absolute Gasteiger partial charge is 0.288 e. The van der Waals surface area contributed by atoms with E-state index in [1.807, 2.05) is 0 Å². The third kappa shape index (κ3) is 10.5. The quantitative estimate of drug-likeness (QED) is 0.0854. The van der Waals surface area contributed by atoms with Gasteiger partial charge in [-0.05, 0) is 71.8 Å². The maximum atomic E-state index is 12.3. The molecule has 0 aliphatic heterocycles. The van der Waals surface area contributed by atoms with E-state index in [1.165, 1.54) is 47.4 Å². The van der Waals surface area contributed by atoms with Crippen LogP contribution in [0.15, 0.2) is 131 Å². The van der Waals surface area contributed by atoms with Crippen molar-refractivity contribution in [3.05, 3.63) is 132 Å². The minimum absolute atomic E-state index is 0.0721. The van der Waals surface area contributed by atoms with Crippen molar-refractivity contribution >= 4 is 55.4 Å². The number of sulfonamides is 2. The number of benzene rings is 4. The Morgan fingerprint density at radius 1 is 0.523 bits per heavy atom.